The molecule has 1 atom stereocenters. The van der Waals surface area contributed by atoms with Crippen molar-refractivity contribution in [3.05, 3.63) is 59.7 Å². The number of oxazole rings is 1. The maximum Gasteiger partial charge on any atom is 0.340 e. The molecule has 0 spiro atoms. The number of esters is 1. The molecule has 3 aromatic rings. The molecule has 1 fully saturated rings. The Morgan fingerprint density at radius 3 is 2.70 bits per heavy atom. The SMILES string of the molecule is COC(=O)c1cccc2oc(N3CCN(Cc4ccccc4)C[C@@H]3CC(C)C)nc12. The van der Waals surface area contributed by atoms with Gasteiger partial charge in [-0.05, 0) is 30.0 Å². The van der Waals surface area contributed by atoms with Gasteiger partial charge in [0.1, 0.15) is 5.52 Å². The lowest BCUT2D eigenvalue weighted by molar-refractivity contribution is 0.0602. The number of rotatable bonds is 6. The fraction of sp³-hybridized carbons (Fsp3) is 0.417. The maximum absolute atomic E-state index is 12.1. The third kappa shape index (κ3) is 4.33. The number of carbonyl (C=O) groups is 1. The van der Waals surface area contributed by atoms with E-state index in [9.17, 15) is 4.79 Å². The van der Waals surface area contributed by atoms with E-state index >= 15 is 0 Å². The number of piperazine rings is 1. The van der Waals surface area contributed by atoms with Gasteiger partial charge in [-0.25, -0.2) is 4.79 Å². The Bertz CT molecular complexity index is 999. The summed E-state index contributed by atoms with van der Waals surface area (Å²) in [6, 6.07) is 16.9. The molecule has 0 unspecified atom stereocenters. The molecular formula is C24H29N3O3. The second-order valence-electron chi connectivity index (χ2n) is 8.34. The molecule has 2 aromatic carbocycles. The van der Waals surface area contributed by atoms with Gasteiger partial charge in [0.2, 0.25) is 0 Å². The number of para-hydroxylation sites is 1. The minimum Gasteiger partial charge on any atom is -0.465 e. The summed E-state index contributed by atoms with van der Waals surface area (Å²) in [6.07, 6.45) is 1.05. The third-order valence-corrected chi connectivity index (χ3v) is 5.62. The Hall–Kier alpha value is -2.86. The number of hydrogen-bond donors (Lipinski definition) is 0. The summed E-state index contributed by atoms with van der Waals surface area (Å²) in [7, 11) is 1.38. The highest BCUT2D eigenvalue weighted by Gasteiger charge is 2.31. The number of carbonyl (C=O) groups excluding carboxylic acids is 1. The fourth-order valence-corrected chi connectivity index (χ4v) is 4.24. The predicted molar refractivity (Wildman–Crippen MR) is 118 cm³/mol. The molecule has 1 saturated heterocycles. The molecule has 4 rings (SSSR count). The van der Waals surface area contributed by atoms with Gasteiger partial charge in [-0.3, -0.25) is 4.90 Å². The highest BCUT2D eigenvalue weighted by molar-refractivity contribution is 6.01. The van der Waals surface area contributed by atoms with Crippen LogP contribution in [0.5, 0.6) is 0 Å². The quantitative estimate of drug-likeness (QED) is 0.566. The lowest BCUT2D eigenvalue weighted by atomic mass is 10.00. The lowest BCUT2D eigenvalue weighted by Crippen LogP contribution is -2.53. The molecule has 0 aliphatic carbocycles. The van der Waals surface area contributed by atoms with Crippen molar-refractivity contribution in [2.75, 3.05) is 31.6 Å². The van der Waals surface area contributed by atoms with Gasteiger partial charge >= 0.3 is 5.97 Å². The van der Waals surface area contributed by atoms with Crippen LogP contribution in [0.15, 0.2) is 52.9 Å². The van der Waals surface area contributed by atoms with Crippen molar-refractivity contribution < 1.29 is 13.9 Å². The van der Waals surface area contributed by atoms with Gasteiger partial charge in [0.25, 0.3) is 6.01 Å². The summed E-state index contributed by atoms with van der Waals surface area (Å²) >= 11 is 0. The number of ether oxygens (including phenoxy) is 1. The topological polar surface area (TPSA) is 58.8 Å². The first-order chi connectivity index (χ1) is 14.5. The van der Waals surface area contributed by atoms with E-state index in [4.69, 9.17) is 14.1 Å². The number of methoxy groups -OCH3 is 1. The molecule has 0 saturated carbocycles. The molecule has 0 radical (unpaired) electrons. The smallest absolute Gasteiger partial charge is 0.340 e. The minimum atomic E-state index is -0.396. The number of benzene rings is 2. The van der Waals surface area contributed by atoms with Crippen molar-refractivity contribution >= 4 is 23.1 Å². The van der Waals surface area contributed by atoms with Gasteiger partial charge in [0.15, 0.2) is 5.58 Å². The molecule has 0 amide bonds. The van der Waals surface area contributed by atoms with Crippen LogP contribution in [0.1, 0.15) is 36.2 Å². The van der Waals surface area contributed by atoms with E-state index in [0.29, 0.717) is 34.6 Å². The van der Waals surface area contributed by atoms with Crippen LogP contribution in [0, 0.1) is 5.92 Å². The minimum absolute atomic E-state index is 0.303. The van der Waals surface area contributed by atoms with Crippen LogP contribution in [-0.2, 0) is 11.3 Å². The molecule has 0 N–H and O–H groups in total. The Morgan fingerprint density at radius 1 is 1.17 bits per heavy atom. The van der Waals surface area contributed by atoms with Crippen molar-refractivity contribution in [1.29, 1.82) is 0 Å². The van der Waals surface area contributed by atoms with Gasteiger partial charge in [0, 0.05) is 32.2 Å². The Labute approximate surface area is 177 Å². The normalized spacial score (nSPS) is 17.6. The van der Waals surface area contributed by atoms with Gasteiger partial charge < -0.3 is 14.1 Å². The van der Waals surface area contributed by atoms with E-state index in [1.54, 1.807) is 12.1 Å². The molecule has 0 bridgehead atoms. The third-order valence-electron chi connectivity index (χ3n) is 5.62. The second kappa shape index (κ2) is 8.88. The highest BCUT2D eigenvalue weighted by Crippen LogP contribution is 2.29. The number of aromatic nitrogens is 1. The lowest BCUT2D eigenvalue weighted by Gasteiger charge is -2.41. The van der Waals surface area contributed by atoms with Crippen molar-refractivity contribution in [2.45, 2.75) is 32.9 Å². The van der Waals surface area contributed by atoms with E-state index in [1.807, 2.05) is 6.07 Å². The van der Waals surface area contributed by atoms with Crippen molar-refractivity contribution in [3.63, 3.8) is 0 Å². The Balaban J connectivity index is 1.59. The zero-order valence-electron chi connectivity index (χ0n) is 17.9. The van der Waals surface area contributed by atoms with E-state index < -0.39 is 5.97 Å². The molecule has 30 heavy (non-hydrogen) atoms. The Morgan fingerprint density at radius 2 is 1.97 bits per heavy atom. The first-order valence-corrected chi connectivity index (χ1v) is 10.6. The molecular weight excluding hydrogens is 378 g/mol. The van der Waals surface area contributed by atoms with Gasteiger partial charge in [-0.2, -0.15) is 4.98 Å². The van der Waals surface area contributed by atoms with Crippen LogP contribution in [-0.4, -0.2) is 48.6 Å². The van der Waals surface area contributed by atoms with Gasteiger partial charge in [0.05, 0.1) is 12.7 Å². The number of fused-ring (bicyclic) bond motifs is 1. The standard InChI is InChI=1S/C24H29N3O3/c1-17(2)14-19-16-26(15-18-8-5-4-6-9-18)12-13-27(19)24-25-22-20(23(28)29-3)10-7-11-21(22)30-24/h4-11,17,19H,12-16H2,1-3H3/t19-/m0/s1. The molecule has 1 aliphatic rings. The Kier molecular flexibility index (Phi) is 6.04. The zero-order valence-corrected chi connectivity index (χ0v) is 17.9. The van der Waals surface area contributed by atoms with E-state index in [1.165, 1.54) is 12.7 Å². The summed E-state index contributed by atoms with van der Waals surface area (Å²) in [5, 5.41) is 0. The van der Waals surface area contributed by atoms with Crippen LogP contribution in [0.3, 0.4) is 0 Å². The number of anilines is 1. The highest BCUT2D eigenvalue weighted by atomic mass is 16.5. The van der Waals surface area contributed by atoms with Crippen LogP contribution < -0.4 is 4.90 Å². The molecule has 6 heteroatoms. The summed E-state index contributed by atoms with van der Waals surface area (Å²) < 4.78 is 11.0. The number of nitrogens with zero attached hydrogens (tertiary/aromatic N) is 3. The number of hydrogen-bond acceptors (Lipinski definition) is 6. The van der Waals surface area contributed by atoms with E-state index in [-0.39, 0.29) is 0 Å². The van der Waals surface area contributed by atoms with Crippen LogP contribution in [0.4, 0.5) is 6.01 Å². The maximum atomic E-state index is 12.1. The average Bonchev–Trinajstić information content (AvgIpc) is 3.17. The van der Waals surface area contributed by atoms with E-state index in [2.05, 4.69) is 54.0 Å². The van der Waals surface area contributed by atoms with Crippen molar-refractivity contribution in [1.82, 2.24) is 9.88 Å². The molecule has 6 nitrogen and oxygen atoms in total. The van der Waals surface area contributed by atoms with Gasteiger partial charge in [-0.15, -0.1) is 0 Å². The largest absolute Gasteiger partial charge is 0.465 e. The summed E-state index contributed by atoms with van der Waals surface area (Å²) in [6.45, 7) is 8.17. The van der Waals surface area contributed by atoms with Crippen LogP contribution in [0.25, 0.3) is 11.1 Å². The van der Waals surface area contributed by atoms with Crippen molar-refractivity contribution in [3.8, 4) is 0 Å². The zero-order chi connectivity index (χ0) is 21.1. The first kappa shape index (κ1) is 20.4. The monoisotopic (exact) mass is 407 g/mol. The molecule has 158 valence electrons. The average molecular weight is 408 g/mol. The first-order valence-electron chi connectivity index (χ1n) is 10.6. The van der Waals surface area contributed by atoms with Crippen molar-refractivity contribution in [2.24, 2.45) is 5.92 Å². The summed E-state index contributed by atoms with van der Waals surface area (Å²) in [4.78, 5) is 21.6. The molecule has 1 aromatic heterocycles. The summed E-state index contributed by atoms with van der Waals surface area (Å²) in [5.74, 6) is 0.163. The second-order valence-corrected chi connectivity index (χ2v) is 8.34. The van der Waals surface area contributed by atoms with Crippen LogP contribution in [0.2, 0.25) is 0 Å². The predicted octanol–water partition coefficient (Wildman–Crippen LogP) is 4.35. The fourth-order valence-electron chi connectivity index (χ4n) is 4.24. The van der Waals surface area contributed by atoms with Crippen LogP contribution >= 0.6 is 0 Å². The molecule has 1 aliphatic heterocycles. The molecule has 2 heterocycles. The van der Waals surface area contributed by atoms with Gasteiger partial charge in [-0.1, -0.05) is 50.2 Å². The summed E-state index contributed by atoms with van der Waals surface area (Å²) in [5.41, 5.74) is 2.95. The van der Waals surface area contributed by atoms with E-state index in [0.717, 1.165) is 32.6 Å².